The van der Waals surface area contributed by atoms with E-state index >= 15 is 0 Å². The van der Waals surface area contributed by atoms with Crippen LogP contribution in [0.4, 0.5) is 5.69 Å². The van der Waals surface area contributed by atoms with Gasteiger partial charge in [0.15, 0.2) is 0 Å². The average Bonchev–Trinajstić information content (AvgIpc) is 2.98. The summed E-state index contributed by atoms with van der Waals surface area (Å²) in [6, 6.07) is 6.82. The first-order chi connectivity index (χ1) is 11.2. The monoisotopic (exact) mass is 354 g/mol. The summed E-state index contributed by atoms with van der Waals surface area (Å²) < 4.78 is 15.3. The van der Waals surface area contributed by atoms with Crippen molar-refractivity contribution in [3.63, 3.8) is 0 Å². The molecule has 1 aromatic carbocycles. The Balaban J connectivity index is 0.00000208. The van der Waals surface area contributed by atoms with Gasteiger partial charge in [0, 0.05) is 30.1 Å². The number of esters is 1. The lowest BCUT2D eigenvalue weighted by Gasteiger charge is -2.23. The minimum absolute atomic E-state index is 0. The highest BCUT2D eigenvalue weighted by Crippen LogP contribution is 2.23. The van der Waals surface area contributed by atoms with Gasteiger partial charge in [-0.1, -0.05) is 0 Å². The fourth-order valence-corrected chi connectivity index (χ4v) is 2.51. The topological polar surface area (TPSA) is 89.8 Å². The van der Waals surface area contributed by atoms with Crippen LogP contribution in [0.5, 0.6) is 0 Å². The Hall–Kier alpha value is -2.09. The summed E-state index contributed by atoms with van der Waals surface area (Å²) in [7, 11) is 1.30. The van der Waals surface area contributed by atoms with E-state index in [2.05, 4.69) is 15.4 Å². The van der Waals surface area contributed by atoms with Gasteiger partial charge in [0.05, 0.1) is 20.3 Å². The maximum atomic E-state index is 12.1. The van der Waals surface area contributed by atoms with E-state index in [0.29, 0.717) is 30.9 Å². The first-order valence-electron chi connectivity index (χ1n) is 7.38. The van der Waals surface area contributed by atoms with Crippen LogP contribution in [0.3, 0.4) is 0 Å². The molecule has 1 aliphatic rings. The van der Waals surface area contributed by atoms with Gasteiger partial charge in [-0.2, -0.15) is 0 Å². The number of amides is 1. The lowest BCUT2D eigenvalue weighted by Crippen LogP contribution is -2.43. The van der Waals surface area contributed by atoms with E-state index in [1.165, 1.54) is 7.11 Å². The standard InChI is InChI=1S/C16H18N2O5.ClH/c1-21-16(20)14-7-10-6-11(2-3-13(10)23-14)18-15(19)8-12-9-22-5-4-17-12;/h2-3,6-7,12,17H,4-5,8-9H2,1H3,(H,18,19);1H. The fraction of sp³-hybridized carbons (Fsp3) is 0.375. The Morgan fingerprint density at radius 3 is 2.92 bits per heavy atom. The number of anilines is 1. The van der Waals surface area contributed by atoms with Crippen molar-refractivity contribution in [2.75, 3.05) is 32.2 Å². The number of nitrogens with one attached hydrogen (secondary N) is 2. The van der Waals surface area contributed by atoms with Gasteiger partial charge in [0.25, 0.3) is 0 Å². The van der Waals surface area contributed by atoms with Crippen LogP contribution in [-0.2, 0) is 14.3 Å². The van der Waals surface area contributed by atoms with Crippen LogP contribution >= 0.6 is 12.4 Å². The minimum atomic E-state index is -0.532. The molecule has 3 rings (SSSR count). The zero-order chi connectivity index (χ0) is 16.2. The molecule has 0 aliphatic carbocycles. The number of carbonyl (C=O) groups excluding carboxylic acids is 2. The molecule has 1 unspecified atom stereocenters. The zero-order valence-corrected chi connectivity index (χ0v) is 14.0. The molecule has 130 valence electrons. The molecule has 1 aromatic heterocycles. The molecule has 2 heterocycles. The van der Waals surface area contributed by atoms with E-state index in [0.717, 1.165) is 11.9 Å². The molecule has 0 saturated carbocycles. The molecule has 8 heteroatoms. The first-order valence-corrected chi connectivity index (χ1v) is 7.38. The molecule has 0 spiro atoms. The Labute approximate surface area is 145 Å². The molecule has 1 fully saturated rings. The first kappa shape index (κ1) is 18.3. The maximum absolute atomic E-state index is 12.1. The van der Waals surface area contributed by atoms with E-state index in [1.54, 1.807) is 24.3 Å². The molecule has 1 amide bonds. The third-order valence-corrected chi connectivity index (χ3v) is 3.62. The second kappa shape index (κ2) is 8.14. The van der Waals surface area contributed by atoms with Crippen LogP contribution < -0.4 is 10.6 Å². The highest BCUT2D eigenvalue weighted by molar-refractivity contribution is 5.96. The summed E-state index contributed by atoms with van der Waals surface area (Å²) in [4.78, 5) is 23.5. The fourth-order valence-electron chi connectivity index (χ4n) is 2.51. The Morgan fingerprint density at radius 1 is 1.38 bits per heavy atom. The molecular weight excluding hydrogens is 336 g/mol. The van der Waals surface area contributed by atoms with Gasteiger partial charge in [0.2, 0.25) is 11.7 Å². The van der Waals surface area contributed by atoms with Crippen LogP contribution in [0.15, 0.2) is 28.7 Å². The Morgan fingerprint density at radius 2 is 2.21 bits per heavy atom. The van der Waals surface area contributed by atoms with E-state index in [9.17, 15) is 9.59 Å². The predicted octanol–water partition coefficient (Wildman–Crippen LogP) is 1.96. The molecule has 24 heavy (non-hydrogen) atoms. The smallest absolute Gasteiger partial charge is 0.373 e. The highest BCUT2D eigenvalue weighted by atomic mass is 35.5. The van der Waals surface area contributed by atoms with Gasteiger partial charge in [-0.3, -0.25) is 4.79 Å². The third kappa shape index (κ3) is 4.25. The van der Waals surface area contributed by atoms with Crippen molar-refractivity contribution in [3.8, 4) is 0 Å². The van der Waals surface area contributed by atoms with Crippen molar-refractivity contribution < 1.29 is 23.5 Å². The summed E-state index contributed by atoms with van der Waals surface area (Å²) in [6.45, 7) is 1.98. The normalized spacial score (nSPS) is 17.1. The molecule has 0 radical (unpaired) electrons. The van der Waals surface area contributed by atoms with Crippen molar-refractivity contribution in [1.29, 1.82) is 0 Å². The summed E-state index contributed by atoms with van der Waals surface area (Å²) in [5, 5.41) is 6.80. The van der Waals surface area contributed by atoms with Gasteiger partial charge in [-0.05, 0) is 24.3 Å². The minimum Gasteiger partial charge on any atom is -0.463 e. The van der Waals surface area contributed by atoms with E-state index < -0.39 is 5.97 Å². The number of methoxy groups -OCH3 is 1. The zero-order valence-electron chi connectivity index (χ0n) is 13.2. The van der Waals surface area contributed by atoms with Crippen LogP contribution in [0.25, 0.3) is 11.0 Å². The van der Waals surface area contributed by atoms with Crippen LogP contribution in [-0.4, -0.2) is 44.8 Å². The number of ether oxygens (including phenoxy) is 2. The molecule has 0 bridgehead atoms. The highest BCUT2D eigenvalue weighted by Gasteiger charge is 2.17. The Bertz CT molecular complexity index is 724. The van der Waals surface area contributed by atoms with Crippen molar-refractivity contribution in [3.05, 3.63) is 30.0 Å². The van der Waals surface area contributed by atoms with Crippen LogP contribution in [0.2, 0.25) is 0 Å². The number of hydrogen-bond donors (Lipinski definition) is 2. The van der Waals surface area contributed by atoms with Gasteiger partial charge in [0.1, 0.15) is 5.58 Å². The SMILES string of the molecule is COC(=O)c1cc2cc(NC(=O)CC3COCCN3)ccc2o1.Cl. The molecule has 2 N–H and O–H groups in total. The molecular formula is C16H19ClN2O5. The van der Waals surface area contributed by atoms with Gasteiger partial charge >= 0.3 is 5.97 Å². The number of benzene rings is 1. The lowest BCUT2D eigenvalue weighted by molar-refractivity contribution is -0.117. The van der Waals surface area contributed by atoms with Gasteiger partial charge in [-0.15, -0.1) is 12.4 Å². The number of morpholine rings is 1. The van der Waals surface area contributed by atoms with Crippen molar-refractivity contribution in [2.45, 2.75) is 12.5 Å². The van der Waals surface area contributed by atoms with Gasteiger partial charge < -0.3 is 24.5 Å². The van der Waals surface area contributed by atoms with Crippen LogP contribution in [0.1, 0.15) is 17.0 Å². The third-order valence-electron chi connectivity index (χ3n) is 3.62. The van der Waals surface area contributed by atoms with E-state index in [-0.39, 0.29) is 30.1 Å². The van der Waals surface area contributed by atoms with Gasteiger partial charge in [-0.25, -0.2) is 4.79 Å². The molecule has 7 nitrogen and oxygen atoms in total. The number of furan rings is 1. The number of hydrogen-bond acceptors (Lipinski definition) is 6. The number of rotatable bonds is 4. The number of fused-ring (bicyclic) bond motifs is 1. The van der Waals surface area contributed by atoms with Crippen molar-refractivity contribution in [2.24, 2.45) is 0 Å². The second-order valence-corrected chi connectivity index (χ2v) is 5.33. The molecule has 1 atom stereocenters. The average molecular weight is 355 g/mol. The second-order valence-electron chi connectivity index (χ2n) is 5.33. The van der Waals surface area contributed by atoms with E-state index in [4.69, 9.17) is 9.15 Å². The molecule has 1 aliphatic heterocycles. The van der Waals surface area contributed by atoms with Crippen molar-refractivity contribution >= 4 is 40.9 Å². The summed E-state index contributed by atoms with van der Waals surface area (Å²) >= 11 is 0. The maximum Gasteiger partial charge on any atom is 0.373 e. The lowest BCUT2D eigenvalue weighted by atomic mass is 10.2. The predicted molar refractivity (Wildman–Crippen MR) is 90.7 cm³/mol. The van der Waals surface area contributed by atoms with Crippen molar-refractivity contribution in [1.82, 2.24) is 5.32 Å². The molecule has 2 aromatic rings. The largest absolute Gasteiger partial charge is 0.463 e. The summed E-state index contributed by atoms with van der Waals surface area (Å²) in [5.74, 6) is -0.492. The quantitative estimate of drug-likeness (QED) is 0.816. The molecule has 1 saturated heterocycles. The van der Waals surface area contributed by atoms with Crippen LogP contribution in [0, 0.1) is 0 Å². The number of halogens is 1. The Kier molecular flexibility index (Phi) is 6.19. The summed E-state index contributed by atoms with van der Waals surface area (Å²) in [6.07, 6.45) is 0.344. The number of carbonyl (C=O) groups is 2. The summed E-state index contributed by atoms with van der Waals surface area (Å²) in [5.41, 5.74) is 1.21. The van der Waals surface area contributed by atoms with E-state index in [1.807, 2.05) is 0 Å².